The third kappa shape index (κ3) is 7.58. The van der Waals surface area contributed by atoms with Gasteiger partial charge in [-0.15, -0.1) is 0 Å². The molecule has 0 amide bonds. The lowest BCUT2D eigenvalue weighted by Gasteiger charge is -2.21. The highest BCUT2D eigenvalue weighted by molar-refractivity contribution is 6.00. The summed E-state index contributed by atoms with van der Waals surface area (Å²) in [6, 6.07) is 45.7. The van der Waals surface area contributed by atoms with E-state index >= 15 is 0 Å². The standard InChI is InChI=1S/C62H48N4/c1-5-17-41(18-6-1)49-37-54(44-23-11-4-12-24-44)61-55(38-49)60(47-33-29-45(30-34-47)58-39-52(42-19-7-2-8-20-42)50-25-13-15-27-56(50)63-58)65-62(66-61)48-35-31-46(32-36-48)59-40-53(43-21-9-3-10-22-43)51-26-14-16-28-57(51)64-59/h1,3,5-7,9-11,13-21,23-33,35-40,43,47H,2,4,8,12,22,34H2. The molecule has 2 unspecified atom stereocenters. The maximum Gasteiger partial charge on any atom is 0.160 e. The Balaban J connectivity index is 0.973. The number of benzene rings is 5. The number of fused-ring (bicyclic) bond motifs is 3. The highest BCUT2D eigenvalue weighted by Gasteiger charge is 2.24. The Morgan fingerprint density at radius 2 is 1.12 bits per heavy atom. The predicted molar refractivity (Wildman–Crippen MR) is 276 cm³/mol. The number of allylic oxidation sites excluding steroid dienone is 16. The van der Waals surface area contributed by atoms with E-state index in [0.717, 1.165) is 111 Å². The summed E-state index contributed by atoms with van der Waals surface area (Å²) in [5, 5.41) is 3.48. The first-order valence-corrected chi connectivity index (χ1v) is 23.5. The molecule has 4 aliphatic rings. The van der Waals surface area contributed by atoms with Gasteiger partial charge in [-0.05, 0) is 114 Å². The average Bonchev–Trinajstić information content (AvgIpc) is 3.40. The van der Waals surface area contributed by atoms with Gasteiger partial charge in [0, 0.05) is 44.7 Å². The minimum atomic E-state index is 0.0276. The summed E-state index contributed by atoms with van der Waals surface area (Å²) in [5.41, 5.74) is 17.7. The molecule has 0 bridgehead atoms. The fourth-order valence-corrected chi connectivity index (χ4v) is 10.1. The van der Waals surface area contributed by atoms with Crippen molar-refractivity contribution in [1.82, 2.24) is 19.9 Å². The Bertz CT molecular complexity index is 3470. The molecule has 5 aromatic carbocycles. The first-order valence-electron chi connectivity index (χ1n) is 23.5. The third-order valence-corrected chi connectivity index (χ3v) is 13.6. The summed E-state index contributed by atoms with van der Waals surface area (Å²) in [5.74, 6) is 1.07. The second-order valence-corrected chi connectivity index (χ2v) is 17.8. The molecule has 0 radical (unpaired) electrons. The number of nitrogens with zero attached hydrogens (tertiary/aromatic N) is 4. The molecule has 4 nitrogen and oxygen atoms in total. The molecule has 0 fully saturated rings. The van der Waals surface area contributed by atoms with Crippen molar-refractivity contribution in [1.29, 1.82) is 0 Å². The summed E-state index contributed by atoms with van der Waals surface area (Å²) in [6.45, 7) is 0. The number of rotatable bonds is 8. The monoisotopic (exact) mass is 848 g/mol. The highest BCUT2D eigenvalue weighted by atomic mass is 14.9. The van der Waals surface area contributed by atoms with Gasteiger partial charge < -0.3 is 0 Å². The number of pyridine rings is 2. The molecular weight excluding hydrogens is 801 g/mol. The van der Waals surface area contributed by atoms with Crippen molar-refractivity contribution >= 4 is 49.4 Å². The smallest absolute Gasteiger partial charge is 0.160 e. The molecule has 12 rings (SSSR count). The van der Waals surface area contributed by atoms with Crippen LogP contribution >= 0.6 is 0 Å². The molecule has 4 heteroatoms. The second kappa shape index (κ2) is 17.3. The van der Waals surface area contributed by atoms with Gasteiger partial charge in [0.2, 0.25) is 0 Å². The zero-order valence-corrected chi connectivity index (χ0v) is 36.8. The molecule has 0 N–H and O–H groups in total. The molecule has 4 aliphatic carbocycles. The Labute approximate surface area is 386 Å². The zero-order chi connectivity index (χ0) is 43.8. The lowest BCUT2D eigenvalue weighted by atomic mass is 9.87. The van der Waals surface area contributed by atoms with Crippen LogP contribution in [0.1, 0.15) is 78.4 Å². The van der Waals surface area contributed by atoms with Crippen LogP contribution < -0.4 is 0 Å². The minimum absolute atomic E-state index is 0.0276. The molecule has 0 saturated heterocycles. The van der Waals surface area contributed by atoms with Crippen molar-refractivity contribution in [2.24, 2.45) is 0 Å². The summed E-state index contributed by atoms with van der Waals surface area (Å²) in [4.78, 5) is 21.5. The van der Waals surface area contributed by atoms with Gasteiger partial charge in [0.25, 0.3) is 0 Å². The topological polar surface area (TPSA) is 51.6 Å². The maximum atomic E-state index is 5.56. The van der Waals surface area contributed by atoms with Crippen LogP contribution in [0.4, 0.5) is 0 Å². The van der Waals surface area contributed by atoms with Crippen LogP contribution in [0.3, 0.4) is 0 Å². The van der Waals surface area contributed by atoms with E-state index in [4.69, 9.17) is 19.9 Å². The van der Waals surface area contributed by atoms with Crippen LogP contribution in [0.5, 0.6) is 0 Å². The Morgan fingerprint density at radius 3 is 1.85 bits per heavy atom. The molecule has 66 heavy (non-hydrogen) atoms. The van der Waals surface area contributed by atoms with Gasteiger partial charge in [0.05, 0.1) is 33.6 Å². The minimum Gasteiger partial charge on any atom is -0.248 e. The Morgan fingerprint density at radius 1 is 0.409 bits per heavy atom. The first-order chi connectivity index (χ1) is 32.7. The Hall–Kier alpha value is -7.82. The van der Waals surface area contributed by atoms with E-state index < -0.39 is 0 Å². The van der Waals surface area contributed by atoms with Crippen LogP contribution in [0, 0.1) is 0 Å². The van der Waals surface area contributed by atoms with E-state index in [1.54, 1.807) is 0 Å². The summed E-state index contributed by atoms with van der Waals surface area (Å²) in [7, 11) is 0. The molecule has 0 saturated carbocycles. The van der Waals surface area contributed by atoms with Crippen LogP contribution in [-0.4, -0.2) is 19.9 Å². The maximum absolute atomic E-state index is 5.56. The predicted octanol–water partition coefficient (Wildman–Crippen LogP) is 15.9. The fraction of sp³-hybridized carbons (Fsp3) is 0.129. The van der Waals surface area contributed by atoms with Gasteiger partial charge >= 0.3 is 0 Å². The molecule has 8 aromatic rings. The third-order valence-electron chi connectivity index (χ3n) is 13.6. The van der Waals surface area contributed by atoms with Gasteiger partial charge in [-0.3, -0.25) is 0 Å². The number of hydrogen-bond acceptors (Lipinski definition) is 4. The quantitative estimate of drug-likeness (QED) is 0.153. The number of hydrogen-bond donors (Lipinski definition) is 0. The van der Waals surface area contributed by atoms with E-state index in [9.17, 15) is 0 Å². The van der Waals surface area contributed by atoms with E-state index in [1.807, 2.05) is 0 Å². The molecule has 316 valence electrons. The van der Waals surface area contributed by atoms with Crippen LogP contribution in [-0.2, 0) is 0 Å². The lowest BCUT2D eigenvalue weighted by Crippen LogP contribution is -2.07. The van der Waals surface area contributed by atoms with Crippen molar-refractivity contribution in [2.45, 2.75) is 50.4 Å². The number of aromatic nitrogens is 4. The SMILES string of the molecule is C1=CCC(c2cc(-c3ccc(-c4nc(C5C=CC(c6cc(C7=CCCC=C7)c7ccccc7n6)=CC5)c5cc(-c6ccccc6)cc(C6=CCCC=C6)c5n4)cc3)nc3ccccc23)C=C1. The van der Waals surface area contributed by atoms with Crippen molar-refractivity contribution in [3.63, 3.8) is 0 Å². The van der Waals surface area contributed by atoms with E-state index in [1.165, 1.54) is 38.6 Å². The summed E-state index contributed by atoms with van der Waals surface area (Å²) < 4.78 is 0. The zero-order valence-electron chi connectivity index (χ0n) is 36.8. The summed E-state index contributed by atoms with van der Waals surface area (Å²) in [6.07, 6.45) is 35.6. The largest absolute Gasteiger partial charge is 0.248 e. The fourth-order valence-electron chi connectivity index (χ4n) is 10.1. The molecule has 2 atom stereocenters. The van der Waals surface area contributed by atoms with E-state index in [0.29, 0.717) is 5.92 Å². The van der Waals surface area contributed by atoms with Crippen molar-refractivity contribution < 1.29 is 0 Å². The summed E-state index contributed by atoms with van der Waals surface area (Å²) >= 11 is 0. The van der Waals surface area contributed by atoms with Gasteiger partial charge in [-0.1, -0.05) is 170 Å². The average molecular weight is 849 g/mol. The second-order valence-electron chi connectivity index (χ2n) is 17.8. The molecular formula is C62H48N4. The van der Waals surface area contributed by atoms with E-state index in [2.05, 4.69) is 206 Å². The van der Waals surface area contributed by atoms with Gasteiger partial charge in [0.15, 0.2) is 5.82 Å². The van der Waals surface area contributed by atoms with Crippen molar-refractivity contribution in [2.75, 3.05) is 0 Å². The Kier molecular flexibility index (Phi) is 10.4. The van der Waals surface area contributed by atoms with Crippen LogP contribution in [0.25, 0.3) is 83.2 Å². The lowest BCUT2D eigenvalue weighted by molar-refractivity contribution is 0.825. The normalized spacial score (nSPS) is 17.9. The van der Waals surface area contributed by atoms with E-state index in [-0.39, 0.29) is 5.92 Å². The molecule has 0 spiro atoms. The van der Waals surface area contributed by atoms with Crippen molar-refractivity contribution in [3.05, 3.63) is 234 Å². The van der Waals surface area contributed by atoms with Gasteiger partial charge in [-0.25, -0.2) is 19.9 Å². The van der Waals surface area contributed by atoms with Crippen LogP contribution in [0.15, 0.2) is 206 Å². The van der Waals surface area contributed by atoms with Crippen molar-refractivity contribution in [3.8, 4) is 33.8 Å². The van der Waals surface area contributed by atoms with Crippen LogP contribution in [0.2, 0.25) is 0 Å². The van der Waals surface area contributed by atoms with Gasteiger partial charge in [-0.2, -0.15) is 0 Å². The molecule has 3 aromatic heterocycles. The first kappa shape index (κ1) is 39.7. The molecule has 3 heterocycles. The van der Waals surface area contributed by atoms with Gasteiger partial charge in [0.1, 0.15) is 0 Å². The highest BCUT2D eigenvalue weighted by Crippen LogP contribution is 2.41. The molecule has 0 aliphatic heterocycles. The number of para-hydroxylation sites is 2.